The Balaban J connectivity index is 2.05. The van der Waals surface area contributed by atoms with Gasteiger partial charge in [-0.05, 0) is 18.9 Å². The molecule has 0 spiro atoms. The molecule has 8 heteroatoms. The highest BCUT2D eigenvalue weighted by atomic mass is 19.1. The molecular formula is C14H17FN2O5. The molecule has 0 bridgehead atoms. The van der Waals surface area contributed by atoms with Crippen LogP contribution >= 0.6 is 0 Å². The number of hydrogen-bond acceptors (Lipinski definition) is 6. The third kappa shape index (κ3) is 3.51. The third-order valence-electron chi connectivity index (χ3n) is 3.88. The minimum Gasteiger partial charge on any atom is -0.469 e. The lowest BCUT2D eigenvalue weighted by atomic mass is 9.88. The summed E-state index contributed by atoms with van der Waals surface area (Å²) in [6, 6.07) is 3.48. The summed E-state index contributed by atoms with van der Waals surface area (Å²) >= 11 is 0. The van der Waals surface area contributed by atoms with Gasteiger partial charge >= 0.3 is 5.97 Å². The summed E-state index contributed by atoms with van der Waals surface area (Å²) < 4.78 is 18.5. The number of methoxy groups -OCH3 is 1. The number of nitro benzene ring substituents is 1. The normalized spacial score (nSPS) is 17.1. The number of carbonyl (C=O) groups excluding carboxylic acids is 1. The van der Waals surface area contributed by atoms with Crippen LogP contribution in [0.2, 0.25) is 0 Å². The molecule has 1 heterocycles. The summed E-state index contributed by atoms with van der Waals surface area (Å²) in [5.74, 6) is -1.16. The van der Waals surface area contributed by atoms with Crippen LogP contribution in [0.4, 0.5) is 15.8 Å². The Kier molecular flexibility index (Phi) is 4.60. The quantitative estimate of drug-likeness (QED) is 0.516. The minimum absolute atomic E-state index is 0.0971. The number of benzene rings is 1. The molecule has 0 aromatic heterocycles. The van der Waals surface area contributed by atoms with Gasteiger partial charge in [0.15, 0.2) is 5.82 Å². The molecule has 1 N–H and O–H groups in total. The van der Waals surface area contributed by atoms with Gasteiger partial charge in [0.1, 0.15) is 0 Å². The second-order valence-corrected chi connectivity index (χ2v) is 5.36. The summed E-state index contributed by atoms with van der Waals surface area (Å²) in [6.07, 6.45) is 0.483. The number of carbonyl (C=O) groups is 1. The van der Waals surface area contributed by atoms with Gasteiger partial charge in [0.05, 0.1) is 35.8 Å². The topological polar surface area (TPSA) is 92.9 Å². The number of hydrogen-bond donors (Lipinski definition) is 1. The lowest BCUT2D eigenvalue weighted by Gasteiger charge is -2.38. The van der Waals surface area contributed by atoms with Gasteiger partial charge in [-0.3, -0.25) is 14.9 Å². The first-order valence-corrected chi connectivity index (χ1v) is 6.83. The molecule has 0 amide bonds. The maximum absolute atomic E-state index is 14.0. The number of halogens is 1. The standard InChI is InChI=1S/C14H17FN2O5/c1-22-13(18)9-14(19)4-6-16(7-5-14)12-3-2-10(17(20)21)8-11(12)15/h2-3,8,19H,4-7,9H2,1H3. The van der Waals surface area contributed by atoms with E-state index in [4.69, 9.17) is 0 Å². The first-order chi connectivity index (χ1) is 10.3. The third-order valence-corrected chi connectivity index (χ3v) is 3.88. The lowest BCUT2D eigenvalue weighted by molar-refractivity contribution is -0.385. The zero-order valence-corrected chi connectivity index (χ0v) is 12.1. The number of rotatable bonds is 4. The van der Waals surface area contributed by atoms with Crippen LogP contribution in [0.25, 0.3) is 0 Å². The van der Waals surface area contributed by atoms with Gasteiger partial charge in [-0.25, -0.2) is 4.39 Å². The highest BCUT2D eigenvalue weighted by Gasteiger charge is 2.35. The van der Waals surface area contributed by atoms with Crippen LogP contribution in [0.15, 0.2) is 18.2 Å². The summed E-state index contributed by atoms with van der Waals surface area (Å²) in [7, 11) is 1.26. The van der Waals surface area contributed by atoms with Gasteiger partial charge in [0, 0.05) is 19.2 Å². The van der Waals surface area contributed by atoms with Crippen LogP contribution in [0.1, 0.15) is 19.3 Å². The van der Waals surface area contributed by atoms with Gasteiger partial charge < -0.3 is 14.7 Å². The van der Waals surface area contributed by atoms with Crippen molar-refractivity contribution < 1.29 is 24.0 Å². The number of aliphatic hydroxyl groups is 1. The molecule has 2 rings (SSSR count). The maximum atomic E-state index is 14.0. The Morgan fingerprint density at radius 3 is 2.64 bits per heavy atom. The van der Waals surface area contributed by atoms with Crippen LogP contribution < -0.4 is 4.90 Å². The number of piperidine rings is 1. The van der Waals surface area contributed by atoms with Crippen molar-refractivity contribution in [1.82, 2.24) is 0 Å². The average Bonchev–Trinajstić information content (AvgIpc) is 2.48. The Labute approximate surface area is 126 Å². The summed E-state index contributed by atoms with van der Waals surface area (Å²) in [5, 5.41) is 20.9. The van der Waals surface area contributed by atoms with E-state index in [-0.39, 0.29) is 17.8 Å². The lowest BCUT2D eigenvalue weighted by Crippen LogP contribution is -2.46. The first kappa shape index (κ1) is 16.2. The molecule has 0 aliphatic carbocycles. The molecular weight excluding hydrogens is 295 g/mol. The molecule has 1 saturated heterocycles. The highest BCUT2D eigenvalue weighted by Crippen LogP contribution is 2.31. The van der Waals surface area contributed by atoms with E-state index in [0.29, 0.717) is 25.9 Å². The number of ether oxygens (including phenoxy) is 1. The monoisotopic (exact) mass is 312 g/mol. The molecule has 0 radical (unpaired) electrons. The van der Waals surface area contributed by atoms with Crippen molar-refractivity contribution in [1.29, 1.82) is 0 Å². The van der Waals surface area contributed by atoms with Crippen LogP contribution in [-0.4, -0.2) is 41.8 Å². The van der Waals surface area contributed by atoms with E-state index in [0.717, 1.165) is 6.07 Å². The van der Waals surface area contributed by atoms with Crippen LogP contribution in [0, 0.1) is 15.9 Å². The molecule has 0 unspecified atom stereocenters. The first-order valence-electron chi connectivity index (χ1n) is 6.83. The van der Waals surface area contributed by atoms with Crippen molar-refractivity contribution in [3.63, 3.8) is 0 Å². The largest absolute Gasteiger partial charge is 0.469 e. The zero-order valence-electron chi connectivity index (χ0n) is 12.1. The smallest absolute Gasteiger partial charge is 0.308 e. The number of nitrogens with zero attached hydrogens (tertiary/aromatic N) is 2. The van der Waals surface area contributed by atoms with Gasteiger partial charge in [-0.1, -0.05) is 0 Å². The second kappa shape index (κ2) is 6.27. The van der Waals surface area contributed by atoms with Crippen molar-refractivity contribution in [3.8, 4) is 0 Å². The van der Waals surface area contributed by atoms with E-state index in [1.165, 1.54) is 19.2 Å². The predicted molar refractivity (Wildman–Crippen MR) is 76.1 cm³/mol. The number of non-ortho nitro benzene ring substituents is 1. The predicted octanol–water partition coefficient (Wildman–Crippen LogP) is 1.63. The van der Waals surface area contributed by atoms with Crippen molar-refractivity contribution in [3.05, 3.63) is 34.1 Å². The van der Waals surface area contributed by atoms with Gasteiger partial charge in [-0.2, -0.15) is 0 Å². The average molecular weight is 312 g/mol. The van der Waals surface area contributed by atoms with Crippen LogP contribution in [0.3, 0.4) is 0 Å². The fourth-order valence-electron chi connectivity index (χ4n) is 2.55. The minimum atomic E-state index is -1.15. The molecule has 0 saturated carbocycles. The SMILES string of the molecule is COC(=O)CC1(O)CCN(c2ccc([N+](=O)[O-])cc2F)CC1. The zero-order chi connectivity index (χ0) is 16.3. The van der Waals surface area contributed by atoms with E-state index in [1.807, 2.05) is 0 Å². The summed E-state index contributed by atoms with van der Waals surface area (Å²) in [5.41, 5.74) is -1.20. The fourth-order valence-corrected chi connectivity index (χ4v) is 2.55. The molecule has 1 fully saturated rings. The number of nitro groups is 1. The Morgan fingerprint density at radius 2 is 2.14 bits per heavy atom. The Bertz CT molecular complexity index is 585. The number of anilines is 1. The van der Waals surface area contributed by atoms with Crippen LogP contribution in [0.5, 0.6) is 0 Å². The van der Waals surface area contributed by atoms with Gasteiger partial charge in [0.2, 0.25) is 0 Å². The molecule has 22 heavy (non-hydrogen) atoms. The molecule has 1 aromatic carbocycles. The van der Waals surface area contributed by atoms with Crippen molar-refractivity contribution in [2.75, 3.05) is 25.1 Å². The Hall–Kier alpha value is -2.22. The molecule has 1 aromatic rings. The molecule has 1 aliphatic heterocycles. The van der Waals surface area contributed by atoms with Crippen molar-refractivity contribution >= 4 is 17.3 Å². The summed E-state index contributed by atoms with van der Waals surface area (Å²) in [6.45, 7) is 0.699. The maximum Gasteiger partial charge on any atom is 0.308 e. The van der Waals surface area contributed by atoms with Gasteiger partial charge in [-0.15, -0.1) is 0 Å². The second-order valence-electron chi connectivity index (χ2n) is 5.36. The number of esters is 1. The summed E-state index contributed by atoms with van der Waals surface area (Å²) in [4.78, 5) is 22.9. The van der Waals surface area contributed by atoms with Gasteiger partial charge in [0.25, 0.3) is 5.69 Å². The molecule has 7 nitrogen and oxygen atoms in total. The van der Waals surface area contributed by atoms with E-state index in [2.05, 4.69) is 4.74 Å². The van der Waals surface area contributed by atoms with E-state index >= 15 is 0 Å². The highest BCUT2D eigenvalue weighted by molar-refractivity contribution is 5.70. The van der Waals surface area contributed by atoms with Crippen molar-refractivity contribution in [2.45, 2.75) is 24.9 Å². The molecule has 1 aliphatic rings. The fraction of sp³-hybridized carbons (Fsp3) is 0.500. The van der Waals surface area contributed by atoms with E-state index in [9.17, 15) is 24.4 Å². The van der Waals surface area contributed by atoms with Crippen LogP contribution in [-0.2, 0) is 9.53 Å². The van der Waals surface area contributed by atoms with E-state index < -0.39 is 22.3 Å². The molecule has 0 atom stereocenters. The van der Waals surface area contributed by atoms with E-state index in [1.54, 1.807) is 4.90 Å². The Morgan fingerprint density at radius 1 is 1.50 bits per heavy atom. The van der Waals surface area contributed by atoms with Crippen molar-refractivity contribution in [2.24, 2.45) is 0 Å². The molecule has 120 valence electrons.